The van der Waals surface area contributed by atoms with Crippen molar-refractivity contribution >= 4 is 0 Å². The van der Waals surface area contributed by atoms with Crippen LogP contribution >= 0.6 is 0 Å². The predicted octanol–water partition coefficient (Wildman–Crippen LogP) is 1.94. The van der Waals surface area contributed by atoms with Crippen molar-refractivity contribution in [1.82, 2.24) is 5.32 Å². The molecule has 0 aromatic carbocycles. The first-order valence-corrected chi connectivity index (χ1v) is 5.18. The minimum atomic E-state index is 0.386. The Balaban J connectivity index is 1.84. The SMILES string of the molecule is CCCCOC(C)CNC1CC1. The second-order valence-corrected chi connectivity index (χ2v) is 3.72. The van der Waals surface area contributed by atoms with Crippen LogP contribution in [-0.4, -0.2) is 25.3 Å². The monoisotopic (exact) mass is 171 g/mol. The fourth-order valence-electron chi connectivity index (χ4n) is 1.11. The molecule has 0 amide bonds. The molecule has 2 nitrogen and oxygen atoms in total. The zero-order valence-corrected chi connectivity index (χ0v) is 8.31. The first-order chi connectivity index (χ1) is 5.83. The van der Waals surface area contributed by atoms with Gasteiger partial charge in [0.2, 0.25) is 0 Å². The van der Waals surface area contributed by atoms with Crippen LogP contribution in [0.25, 0.3) is 0 Å². The van der Waals surface area contributed by atoms with E-state index in [1.54, 1.807) is 0 Å². The number of hydrogen-bond acceptors (Lipinski definition) is 2. The molecule has 0 aromatic heterocycles. The van der Waals surface area contributed by atoms with E-state index in [-0.39, 0.29) is 0 Å². The van der Waals surface area contributed by atoms with Crippen LogP contribution in [0, 0.1) is 0 Å². The van der Waals surface area contributed by atoms with Gasteiger partial charge >= 0.3 is 0 Å². The van der Waals surface area contributed by atoms with Gasteiger partial charge < -0.3 is 10.1 Å². The predicted molar refractivity (Wildman–Crippen MR) is 51.3 cm³/mol. The highest BCUT2D eigenvalue weighted by Gasteiger charge is 2.20. The van der Waals surface area contributed by atoms with Crippen LogP contribution in [0.1, 0.15) is 39.5 Å². The summed E-state index contributed by atoms with van der Waals surface area (Å²) in [5, 5.41) is 3.46. The van der Waals surface area contributed by atoms with Gasteiger partial charge in [-0.2, -0.15) is 0 Å². The molecule has 0 bridgehead atoms. The topological polar surface area (TPSA) is 21.3 Å². The van der Waals surface area contributed by atoms with Crippen molar-refractivity contribution in [2.75, 3.05) is 13.2 Å². The molecular formula is C10H21NO. The van der Waals surface area contributed by atoms with Gasteiger partial charge in [-0.25, -0.2) is 0 Å². The molecule has 12 heavy (non-hydrogen) atoms. The molecule has 1 rings (SSSR count). The smallest absolute Gasteiger partial charge is 0.0671 e. The van der Waals surface area contributed by atoms with E-state index >= 15 is 0 Å². The molecule has 0 saturated heterocycles. The van der Waals surface area contributed by atoms with Gasteiger partial charge in [-0.15, -0.1) is 0 Å². The first-order valence-electron chi connectivity index (χ1n) is 5.18. The maximum atomic E-state index is 5.60. The van der Waals surface area contributed by atoms with Crippen LogP contribution in [0.5, 0.6) is 0 Å². The molecule has 0 aromatic rings. The molecule has 1 atom stereocenters. The van der Waals surface area contributed by atoms with E-state index in [1.807, 2.05) is 0 Å². The summed E-state index contributed by atoms with van der Waals surface area (Å²) in [6.45, 7) is 6.28. The standard InChI is InChI=1S/C10H21NO/c1-3-4-7-12-9(2)8-11-10-5-6-10/h9-11H,3-8H2,1-2H3. The number of ether oxygens (including phenoxy) is 1. The zero-order valence-electron chi connectivity index (χ0n) is 8.31. The van der Waals surface area contributed by atoms with Gasteiger partial charge in [0, 0.05) is 19.2 Å². The van der Waals surface area contributed by atoms with Gasteiger partial charge in [0.05, 0.1) is 6.10 Å². The van der Waals surface area contributed by atoms with Crippen molar-refractivity contribution in [1.29, 1.82) is 0 Å². The van der Waals surface area contributed by atoms with Gasteiger partial charge in [0.15, 0.2) is 0 Å². The maximum Gasteiger partial charge on any atom is 0.0671 e. The Kier molecular flexibility index (Phi) is 4.62. The van der Waals surface area contributed by atoms with Crippen molar-refractivity contribution in [2.45, 2.75) is 51.7 Å². The van der Waals surface area contributed by atoms with E-state index in [0.717, 1.165) is 19.2 Å². The van der Waals surface area contributed by atoms with Crippen molar-refractivity contribution in [3.8, 4) is 0 Å². The van der Waals surface area contributed by atoms with E-state index < -0.39 is 0 Å². The van der Waals surface area contributed by atoms with Crippen molar-refractivity contribution < 1.29 is 4.74 Å². The van der Waals surface area contributed by atoms with Crippen LogP contribution in [0.15, 0.2) is 0 Å². The summed E-state index contributed by atoms with van der Waals surface area (Å²) < 4.78 is 5.60. The average Bonchev–Trinajstić information content (AvgIpc) is 2.84. The van der Waals surface area contributed by atoms with E-state index in [4.69, 9.17) is 4.74 Å². The summed E-state index contributed by atoms with van der Waals surface area (Å²) in [4.78, 5) is 0. The lowest BCUT2D eigenvalue weighted by molar-refractivity contribution is 0.0637. The summed E-state index contributed by atoms with van der Waals surface area (Å²) in [5.74, 6) is 0. The molecule has 1 aliphatic carbocycles. The fraction of sp³-hybridized carbons (Fsp3) is 1.00. The van der Waals surface area contributed by atoms with Crippen LogP contribution in [0.4, 0.5) is 0 Å². The van der Waals surface area contributed by atoms with E-state index in [9.17, 15) is 0 Å². The zero-order chi connectivity index (χ0) is 8.81. The highest BCUT2D eigenvalue weighted by molar-refractivity contribution is 4.81. The Hall–Kier alpha value is -0.0800. The molecule has 1 aliphatic rings. The van der Waals surface area contributed by atoms with Crippen molar-refractivity contribution in [2.24, 2.45) is 0 Å². The Morgan fingerprint density at radius 3 is 2.83 bits per heavy atom. The van der Waals surface area contributed by atoms with Gasteiger partial charge in [-0.1, -0.05) is 13.3 Å². The molecule has 72 valence electrons. The fourth-order valence-corrected chi connectivity index (χ4v) is 1.11. The molecule has 1 N–H and O–H groups in total. The Morgan fingerprint density at radius 1 is 1.50 bits per heavy atom. The highest BCUT2D eigenvalue weighted by Crippen LogP contribution is 2.18. The molecule has 0 radical (unpaired) electrons. The Morgan fingerprint density at radius 2 is 2.25 bits per heavy atom. The van der Waals surface area contributed by atoms with Gasteiger partial charge in [-0.05, 0) is 26.2 Å². The lowest BCUT2D eigenvalue weighted by Gasteiger charge is -2.12. The largest absolute Gasteiger partial charge is 0.377 e. The number of nitrogens with one attached hydrogen (secondary N) is 1. The summed E-state index contributed by atoms with van der Waals surface area (Å²) >= 11 is 0. The van der Waals surface area contributed by atoms with E-state index in [0.29, 0.717) is 6.10 Å². The molecule has 0 spiro atoms. The van der Waals surface area contributed by atoms with Crippen LogP contribution in [0.3, 0.4) is 0 Å². The normalized spacial score (nSPS) is 19.5. The molecule has 1 unspecified atom stereocenters. The summed E-state index contributed by atoms with van der Waals surface area (Å²) in [6.07, 6.45) is 5.53. The first kappa shape index (κ1) is 10.0. The molecular weight excluding hydrogens is 150 g/mol. The third kappa shape index (κ3) is 4.73. The van der Waals surface area contributed by atoms with Crippen LogP contribution in [-0.2, 0) is 4.74 Å². The maximum absolute atomic E-state index is 5.60. The van der Waals surface area contributed by atoms with Gasteiger partial charge in [0.1, 0.15) is 0 Å². The second-order valence-electron chi connectivity index (χ2n) is 3.72. The summed E-state index contributed by atoms with van der Waals surface area (Å²) in [5.41, 5.74) is 0. The Labute approximate surface area is 75.7 Å². The lowest BCUT2D eigenvalue weighted by atomic mass is 10.3. The summed E-state index contributed by atoms with van der Waals surface area (Å²) in [7, 11) is 0. The van der Waals surface area contributed by atoms with Crippen LogP contribution < -0.4 is 5.32 Å². The number of hydrogen-bond donors (Lipinski definition) is 1. The third-order valence-electron chi connectivity index (χ3n) is 2.17. The number of unbranched alkanes of at least 4 members (excludes halogenated alkanes) is 1. The lowest BCUT2D eigenvalue weighted by Crippen LogP contribution is -2.28. The van der Waals surface area contributed by atoms with E-state index in [1.165, 1.54) is 25.7 Å². The van der Waals surface area contributed by atoms with Crippen molar-refractivity contribution in [3.63, 3.8) is 0 Å². The summed E-state index contributed by atoms with van der Waals surface area (Å²) in [6, 6.07) is 0.808. The van der Waals surface area contributed by atoms with E-state index in [2.05, 4.69) is 19.2 Å². The molecule has 1 saturated carbocycles. The van der Waals surface area contributed by atoms with Crippen LogP contribution in [0.2, 0.25) is 0 Å². The minimum absolute atomic E-state index is 0.386. The third-order valence-corrected chi connectivity index (χ3v) is 2.17. The molecule has 2 heteroatoms. The average molecular weight is 171 g/mol. The second kappa shape index (κ2) is 5.55. The molecule has 0 heterocycles. The molecule has 0 aliphatic heterocycles. The Bertz CT molecular complexity index is 112. The minimum Gasteiger partial charge on any atom is -0.377 e. The quantitative estimate of drug-likeness (QED) is 0.591. The van der Waals surface area contributed by atoms with Gasteiger partial charge in [-0.3, -0.25) is 0 Å². The molecule has 1 fully saturated rings. The van der Waals surface area contributed by atoms with Crippen molar-refractivity contribution in [3.05, 3.63) is 0 Å². The highest BCUT2D eigenvalue weighted by atomic mass is 16.5. The van der Waals surface area contributed by atoms with Gasteiger partial charge in [0.25, 0.3) is 0 Å². The number of rotatable bonds is 7.